The highest BCUT2D eigenvalue weighted by atomic mass is 16.1. The van der Waals surface area contributed by atoms with Crippen molar-refractivity contribution in [3.63, 3.8) is 0 Å². The predicted molar refractivity (Wildman–Crippen MR) is 42.1 cm³/mol. The van der Waals surface area contributed by atoms with Crippen LogP contribution in [0.2, 0.25) is 0 Å². The molecule has 1 saturated carbocycles. The molecule has 2 N–H and O–H groups in total. The van der Waals surface area contributed by atoms with Crippen molar-refractivity contribution in [2.24, 2.45) is 5.73 Å². The van der Waals surface area contributed by atoms with Gasteiger partial charge in [-0.15, -0.1) is 0 Å². The lowest BCUT2D eigenvalue weighted by molar-refractivity contribution is -0.120. The fourth-order valence-electron chi connectivity index (χ4n) is 1.30. The number of carbonyl (C=O) groups excluding carboxylic acids is 1. The Morgan fingerprint density at radius 1 is 1.50 bits per heavy atom. The molecule has 1 amide bonds. The van der Waals surface area contributed by atoms with Crippen molar-refractivity contribution in [2.75, 3.05) is 0 Å². The molecule has 1 heterocycles. The molecule has 1 aliphatic rings. The van der Waals surface area contributed by atoms with Crippen LogP contribution in [0.3, 0.4) is 0 Å². The van der Waals surface area contributed by atoms with Crippen LogP contribution < -0.4 is 5.73 Å². The molecule has 0 bridgehead atoms. The third-order valence-corrected chi connectivity index (χ3v) is 2.28. The maximum atomic E-state index is 11.0. The molecule has 1 aromatic rings. The summed E-state index contributed by atoms with van der Waals surface area (Å²) < 4.78 is 0. The molecular formula is C8H9N3O. The molecular weight excluding hydrogens is 154 g/mol. The molecule has 62 valence electrons. The van der Waals surface area contributed by atoms with Crippen molar-refractivity contribution < 1.29 is 4.79 Å². The third kappa shape index (κ3) is 0.879. The van der Waals surface area contributed by atoms with Gasteiger partial charge in [-0.1, -0.05) is 0 Å². The van der Waals surface area contributed by atoms with E-state index >= 15 is 0 Å². The highest BCUT2D eigenvalue weighted by molar-refractivity contribution is 5.89. The normalized spacial score (nSPS) is 18.7. The Balaban J connectivity index is 2.37. The van der Waals surface area contributed by atoms with Crippen LogP contribution in [-0.4, -0.2) is 15.9 Å². The smallest absolute Gasteiger partial charge is 0.229 e. The van der Waals surface area contributed by atoms with E-state index in [1.807, 2.05) is 0 Å². The van der Waals surface area contributed by atoms with E-state index in [0.29, 0.717) is 5.69 Å². The van der Waals surface area contributed by atoms with Gasteiger partial charge in [0.15, 0.2) is 0 Å². The Bertz CT molecular complexity index is 305. The second-order valence-corrected chi connectivity index (χ2v) is 3.04. The van der Waals surface area contributed by atoms with Gasteiger partial charge >= 0.3 is 0 Å². The lowest BCUT2D eigenvalue weighted by Crippen LogP contribution is -2.29. The Kier molecular flexibility index (Phi) is 1.36. The number of nitrogens with zero attached hydrogens (tertiary/aromatic N) is 2. The molecule has 1 aromatic heterocycles. The first-order chi connectivity index (χ1) is 5.76. The molecule has 0 spiro atoms. The maximum Gasteiger partial charge on any atom is 0.229 e. The van der Waals surface area contributed by atoms with Gasteiger partial charge in [0.2, 0.25) is 5.91 Å². The minimum absolute atomic E-state index is 0.289. The van der Waals surface area contributed by atoms with Crippen molar-refractivity contribution in [3.05, 3.63) is 24.3 Å². The van der Waals surface area contributed by atoms with Crippen molar-refractivity contribution in [3.8, 4) is 0 Å². The molecule has 0 atom stereocenters. The number of rotatable bonds is 2. The second-order valence-electron chi connectivity index (χ2n) is 3.04. The molecule has 1 aliphatic carbocycles. The number of hydrogen-bond donors (Lipinski definition) is 1. The molecule has 0 radical (unpaired) electrons. The zero-order chi connectivity index (χ0) is 8.60. The first kappa shape index (κ1) is 7.21. The van der Waals surface area contributed by atoms with Crippen LogP contribution in [0.15, 0.2) is 18.6 Å². The summed E-state index contributed by atoms with van der Waals surface area (Å²) in [5.41, 5.74) is 5.47. The van der Waals surface area contributed by atoms with Gasteiger partial charge in [-0.2, -0.15) is 0 Å². The summed E-state index contributed by atoms with van der Waals surface area (Å²) in [7, 11) is 0. The minimum Gasteiger partial charge on any atom is -0.369 e. The first-order valence-electron chi connectivity index (χ1n) is 3.82. The molecule has 1 fully saturated rings. The van der Waals surface area contributed by atoms with Gasteiger partial charge in [0, 0.05) is 18.6 Å². The highest BCUT2D eigenvalue weighted by Crippen LogP contribution is 2.46. The van der Waals surface area contributed by atoms with Gasteiger partial charge < -0.3 is 5.73 Å². The van der Waals surface area contributed by atoms with Crippen LogP contribution in [0.4, 0.5) is 0 Å². The zero-order valence-electron chi connectivity index (χ0n) is 6.53. The molecule has 0 aromatic carbocycles. The van der Waals surface area contributed by atoms with Gasteiger partial charge in [0.05, 0.1) is 11.1 Å². The molecule has 0 saturated heterocycles. The van der Waals surface area contributed by atoms with E-state index in [-0.39, 0.29) is 5.91 Å². The molecule has 4 nitrogen and oxygen atoms in total. The van der Waals surface area contributed by atoms with Crippen molar-refractivity contribution in [1.29, 1.82) is 0 Å². The largest absolute Gasteiger partial charge is 0.369 e. The van der Waals surface area contributed by atoms with E-state index in [2.05, 4.69) is 9.97 Å². The van der Waals surface area contributed by atoms with Crippen LogP contribution in [0.25, 0.3) is 0 Å². The number of aromatic nitrogens is 2. The molecule has 0 aliphatic heterocycles. The van der Waals surface area contributed by atoms with Crippen LogP contribution in [0, 0.1) is 0 Å². The predicted octanol–water partition coefficient (Wildman–Crippen LogP) is -0.00650. The summed E-state index contributed by atoms with van der Waals surface area (Å²) >= 11 is 0. The van der Waals surface area contributed by atoms with E-state index in [1.54, 1.807) is 18.6 Å². The van der Waals surface area contributed by atoms with Gasteiger partial charge in [-0.25, -0.2) is 0 Å². The number of amides is 1. The topological polar surface area (TPSA) is 68.9 Å². The van der Waals surface area contributed by atoms with Gasteiger partial charge in [0.25, 0.3) is 0 Å². The quantitative estimate of drug-likeness (QED) is 0.666. The minimum atomic E-state index is -0.492. The lowest BCUT2D eigenvalue weighted by atomic mass is 10.0. The SMILES string of the molecule is NC(=O)C1(c2cnccn2)CC1. The van der Waals surface area contributed by atoms with Crippen LogP contribution in [0.5, 0.6) is 0 Å². The maximum absolute atomic E-state index is 11.0. The Labute approximate surface area is 69.8 Å². The van der Waals surface area contributed by atoms with Crippen molar-refractivity contribution in [2.45, 2.75) is 18.3 Å². The fraction of sp³-hybridized carbons (Fsp3) is 0.375. The van der Waals surface area contributed by atoms with Crippen LogP contribution >= 0.6 is 0 Å². The summed E-state index contributed by atoms with van der Waals surface area (Å²) in [5, 5.41) is 0. The highest BCUT2D eigenvalue weighted by Gasteiger charge is 2.51. The van der Waals surface area contributed by atoms with E-state index in [9.17, 15) is 4.79 Å². The van der Waals surface area contributed by atoms with E-state index in [0.717, 1.165) is 12.8 Å². The van der Waals surface area contributed by atoms with Crippen LogP contribution in [0.1, 0.15) is 18.5 Å². The van der Waals surface area contributed by atoms with Gasteiger partial charge in [-0.05, 0) is 12.8 Å². The first-order valence-corrected chi connectivity index (χ1v) is 3.82. The van der Waals surface area contributed by atoms with Crippen LogP contribution in [-0.2, 0) is 10.2 Å². The average Bonchev–Trinajstić information content (AvgIpc) is 2.86. The monoisotopic (exact) mass is 163 g/mol. The number of primary amides is 1. The lowest BCUT2D eigenvalue weighted by Gasteiger charge is -2.07. The van der Waals surface area contributed by atoms with Crippen molar-refractivity contribution >= 4 is 5.91 Å². The third-order valence-electron chi connectivity index (χ3n) is 2.28. The summed E-state index contributed by atoms with van der Waals surface area (Å²) in [6.45, 7) is 0. The van der Waals surface area contributed by atoms with Crippen molar-refractivity contribution in [1.82, 2.24) is 9.97 Å². The average molecular weight is 163 g/mol. The number of hydrogen-bond acceptors (Lipinski definition) is 3. The van der Waals surface area contributed by atoms with E-state index < -0.39 is 5.41 Å². The molecule has 2 rings (SSSR count). The summed E-state index contributed by atoms with van der Waals surface area (Å²) in [6, 6.07) is 0. The summed E-state index contributed by atoms with van der Waals surface area (Å²) in [6.07, 6.45) is 6.39. The standard InChI is InChI=1S/C8H9N3O/c9-7(12)8(1-2-8)6-5-10-3-4-11-6/h3-5H,1-2H2,(H2,9,12). The number of carbonyl (C=O) groups is 1. The Morgan fingerprint density at radius 3 is 2.67 bits per heavy atom. The second kappa shape index (κ2) is 2.27. The van der Waals surface area contributed by atoms with Gasteiger partial charge in [-0.3, -0.25) is 14.8 Å². The van der Waals surface area contributed by atoms with E-state index in [4.69, 9.17) is 5.73 Å². The zero-order valence-corrected chi connectivity index (χ0v) is 6.53. The summed E-state index contributed by atoms with van der Waals surface area (Å²) in [5.74, 6) is -0.289. The Hall–Kier alpha value is -1.45. The molecule has 4 heteroatoms. The molecule has 12 heavy (non-hydrogen) atoms. The molecule has 0 unspecified atom stereocenters. The van der Waals surface area contributed by atoms with E-state index in [1.165, 1.54) is 0 Å². The van der Waals surface area contributed by atoms with Gasteiger partial charge in [0.1, 0.15) is 0 Å². The Morgan fingerprint density at radius 2 is 2.25 bits per heavy atom. The number of nitrogens with two attached hydrogens (primary N) is 1. The summed E-state index contributed by atoms with van der Waals surface area (Å²) in [4.78, 5) is 19.0. The fourth-order valence-corrected chi connectivity index (χ4v) is 1.30.